The van der Waals surface area contributed by atoms with Crippen molar-refractivity contribution in [3.63, 3.8) is 0 Å². The number of aromatic nitrogens is 2. The molecule has 3 aromatic rings. The predicted octanol–water partition coefficient (Wildman–Crippen LogP) is 4.07. The van der Waals surface area contributed by atoms with E-state index in [9.17, 15) is 5.11 Å². The van der Waals surface area contributed by atoms with E-state index in [4.69, 9.17) is 0 Å². The molecule has 0 saturated carbocycles. The van der Waals surface area contributed by atoms with E-state index in [-0.39, 0.29) is 5.41 Å². The summed E-state index contributed by atoms with van der Waals surface area (Å²) in [6.07, 6.45) is 2.80. The molecule has 0 fully saturated rings. The van der Waals surface area contributed by atoms with Crippen LogP contribution < -0.4 is 0 Å². The Kier molecular flexibility index (Phi) is 3.51. The van der Waals surface area contributed by atoms with Crippen LogP contribution in [-0.4, -0.2) is 15.1 Å². The highest BCUT2D eigenvalue weighted by Gasteiger charge is 2.22. The summed E-state index contributed by atoms with van der Waals surface area (Å²) in [5.41, 5.74) is 1.50. The molecular weight excluding hydrogens is 280 g/mol. The summed E-state index contributed by atoms with van der Waals surface area (Å²) < 4.78 is 0. The van der Waals surface area contributed by atoms with Crippen molar-refractivity contribution in [2.45, 2.75) is 32.3 Å². The van der Waals surface area contributed by atoms with Crippen LogP contribution in [0.4, 0.5) is 0 Å². The Hall–Kier alpha value is -1.78. The Labute approximate surface area is 128 Å². The quantitative estimate of drug-likeness (QED) is 0.775. The maximum atomic E-state index is 10.7. The number of rotatable bonds is 2. The van der Waals surface area contributed by atoms with Gasteiger partial charge in [-0.1, -0.05) is 45.0 Å². The van der Waals surface area contributed by atoms with Crippen molar-refractivity contribution in [2.24, 2.45) is 0 Å². The molecule has 1 aromatic carbocycles. The Morgan fingerprint density at radius 1 is 1.14 bits per heavy atom. The minimum absolute atomic E-state index is 0.000355. The molecule has 4 heteroatoms. The topological polar surface area (TPSA) is 46.0 Å². The second kappa shape index (κ2) is 5.20. The van der Waals surface area contributed by atoms with Gasteiger partial charge in [-0.15, -0.1) is 11.3 Å². The van der Waals surface area contributed by atoms with E-state index in [0.717, 1.165) is 21.3 Å². The molecule has 0 saturated heterocycles. The van der Waals surface area contributed by atoms with Gasteiger partial charge in [0.2, 0.25) is 0 Å². The molecule has 0 radical (unpaired) electrons. The van der Waals surface area contributed by atoms with Crippen molar-refractivity contribution in [2.75, 3.05) is 0 Å². The number of nitrogens with zero attached hydrogens (tertiary/aromatic N) is 2. The van der Waals surface area contributed by atoms with E-state index in [1.807, 2.05) is 35.8 Å². The molecule has 2 heterocycles. The molecule has 1 atom stereocenters. The monoisotopic (exact) mass is 298 g/mol. The molecule has 0 amide bonds. The van der Waals surface area contributed by atoms with Crippen LogP contribution >= 0.6 is 11.3 Å². The molecule has 3 nitrogen and oxygen atoms in total. The molecule has 108 valence electrons. The fraction of sp³-hybridized carbons (Fsp3) is 0.294. The van der Waals surface area contributed by atoms with Crippen LogP contribution in [0.5, 0.6) is 0 Å². The fourth-order valence-electron chi connectivity index (χ4n) is 2.27. The smallest absolute Gasteiger partial charge is 0.124 e. The summed E-state index contributed by atoms with van der Waals surface area (Å²) in [5, 5.41) is 15.7. The SMILES string of the molecule is CC(C)(C)c1nc(C(O)c2cncc3ccccc23)cs1. The number of hydrogen-bond donors (Lipinski definition) is 1. The lowest BCUT2D eigenvalue weighted by atomic mass is 9.98. The highest BCUT2D eigenvalue weighted by Crippen LogP contribution is 2.32. The molecule has 0 bridgehead atoms. The second-order valence-electron chi connectivity index (χ2n) is 6.18. The first-order valence-electron chi connectivity index (χ1n) is 6.93. The summed E-state index contributed by atoms with van der Waals surface area (Å²) in [6, 6.07) is 7.95. The van der Waals surface area contributed by atoms with Gasteiger partial charge in [0.25, 0.3) is 0 Å². The molecule has 1 N–H and O–H groups in total. The lowest BCUT2D eigenvalue weighted by molar-refractivity contribution is 0.217. The van der Waals surface area contributed by atoms with Crippen LogP contribution in [0, 0.1) is 0 Å². The van der Waals surface area contributed by atoms with Crippen molar-refractivity contribution in [3.8, 4) is 0 Å². The van der Waals surface area contributed by atoms with Crippen LogP contribution in [0.15, 0.2) is 42.0 Å². The van der Waals surface area contributed by atoms with Crippen LogP contribution in [0.1, 0.15) is 43.1 Å². The third-order valence-corrected chi connectivity index (χ3v) is 4.72. The second-order valence-corrected chi connectivity index (χ2v) is 7.04. The van der Waals surface area contributed by atoms with Gasteiger partial charge in [0.05, 0.1) is 10.7 Å². The normalized spacial score (nSPS) is 13.5. The van der Waals surface area contributed by atoms with Gasteiger partial charge in [0, 0.05) is 34.1 Å². The van der Waals surface area contributed by atoms with Gasteiger partial charge < -0.3 is 5.11 Å². The van der Waals surface area contributed by atoms with Gasteiger partial charge >= 0.3 is 0 Å². The van der Waals surface area contributed by atoms with Gasteiger partial charge in [0.15, 0.2) is 0 Å². The largest absolute Gasteiger partial charge is 0.382 e. The molecule has 0 aliphatic rings. The van der Waals surface area contributed by atoms with Crippen molar-refractivity contribution in [1.82, 2.24) is 9.97 Å². The zero-order valence-electron chi connectivity index (χ0n) is 12.4. The third-order valence-electron chi connectivity index (χ3n) is 3.44. The predicted molar refractivity (Wildman–Crippen MR) is 86.6 cm³/mol. The Bertz CT molecular complexity index is 768. The molecule has 21 heavy (non-hydrogen) atoms. The maximum absolute atomic E-state index is 10.7. The molecule has 0 aliphatic heterocycles. The first kappa shape index (κ1) is 14.2. The average Bonchev–Trinajstić information content (AvgIpc) is 2.96. The molecule has 3 rings (SSSR count). The van der Waals surface area contributed by atoms with Gasteiger partial charge in [-0.3, -0.25) is 4.98 Å². The lowest BCUT2D eigenvalue weighted by Crippen LogP contribution is -2.11. The number of benzene rings is 1. The minimum Gasteiger partial charge on any atom is -0.382 e. The Morgan fingerprint density at radius 2 is 1.90 bits per heavy atom. The highest BCUT2D eigenvalue weighted by molar-refractivity contribution is 7.09. The molecular formula is C17H18N2OS. The molecule has 1 unspecified atom stereocenters. The highest BCUT2D eigenvalue weighted by atomic mass is 32.1. The Balaban J connectivity index is 2.05. The fourth-order valence-corrected chi connectivity index (χ4v) is 3.20. The minimum atomic E-state index is -0.740. The summed E-state index contributed by atoms with van der Waals surface area (Å²) in [6.45, 7) is 6.38. The van der Waals surface area contributed by atoms with E-state index in [1.165, 1.54) is 0 Å². The van der Waals surface area contributed by atoms with Gasteiger partial charge in [-0.2, -0.15) is 0 Å². The van der Waals surface area contributed by atoms with Crippen LogP contribution in [0.25, 0.3) is 10.8 Å². The van der Waals surface area contributed by atoms with Gasteiger partial charge in [-0.05, 0) is 5.39 Å². The summed E-state index contributed by atoms with van der Waals surface area (Å²) in [5.74, 6) is 0. The number of hydrogen-bond acceptors (Lipinski definition) is 4. The summed E-state index contributed by atoms with van der Waals surface area (Å²) in [4.78, 5) is 8.84. The number of thiazole rings is 1. The van der Waals surface area contributed by atoms with Crippen LogP contribution in [0.2, 0.25) is 0 Å². The first-order chi connectivity index (χ1) is 9.97. The van der Waals surface area contributed by atoms with E-state index in [0.29, 0.717) is 5.69 Å². The Morgan fingerprint density at radius 3 is 2.62 bits per heavy atom. The number of pyridine rings is 1. The zero-order chi connectivity index (χ0) is 15.0. The van der Waals surface area contributed by atoms with Crippen molar-refractivity contribution >= 4 is 22.1 Å². The van der Waals surface area contributed by atoms with Crippen molar-refractivity contribution < 1.29 is 5.11 Å². The standard InChI is InChI=1S/C17H18N2OS/c1-17(2,3)16-19-14(10-21-16)15(20)13-9-18-8-11-6-4-5-7-12(11)13/h4-10,15,20H,1-3H3. The van der Waals surface area contributed by atoms with Crippen LogP contribution in [-0.2, 0) is 5.41 Å². The molecule has 2 aromatic heterocycles. The van der Waals surface area contributed by atoms with Gasteiger partial charge in [0.1, 0.15) is 6.10 Å². The summed E-state index contributed by atoms with van der Waals surface area (Å²) >= 11 is 1.59. The van der Waals surface area contributed by atoms with E-state index >= 15 is 0 Å². The average molecular weight is 298 g/mol. The molecule has 0 spiro atoms. The van der Waals surface area contributed by atoms with E-state index < -0.39 is 6.10 Å². The molecule has 0 aliphatic carbocycles. The third kappa shape index (κ3) is 2.69. The van der Waals surface area contributed by atoms with Crippen molar-refractivity contribution in [3.05, 3.63) is 58.3 Å². The van der Waals surface area contributed by atoms with Crippen molar-refractivity contribution in [1.29, 1.82) is 0 Å². The first-order valence-corrected chi connectivity index (χ1v) is 7.81. The maximum Gasteiger partial charge on any atom is 0.124 e. The van der Waals surface area contributed by atoms with E-state index in [2.05, 4.69) is 30.7 Å². The van der Waals surface area contributed by atoms with Crippen LogP contribution in [0.3, 0.4) is 0 Å². The van der Waals surface area contributed by atoms with Gasteiger partial charge in [-0.25, -0.2) is 4.98 Å². The number of aliphatic hydroxyl groups excluding tert-OH is 1. The number of aliphatic hydroxyl groups is 1. The lowest BCUT2D eigenvalue weighted by Gasteiger charge is -2.14. The summed E-state index contributed by atoms with van der Waals surface area (Å²) in [7, 11) is 0. The number of fused-ring (bicyclic) bond motifs is 1. The zero-order valence-corrected chi connectivity index (χ0v) is 13.2. The van der Waals surface area contributed by atoms with E-state index in [1.54, 1.807) is 17.5 Å².